The summed E-state index contributed by atoms with van der Waals surface area (Å²) in [6, 6.07) is 0.143. The lowest BCUT2D eigenvalue weighted by Crippen LogP contribution is -2.32. The summed E-state index contributed by atoms with van der Waals surface area (Å²) >= 11 is 1.68. The van der Waals surface area contributed by atoms with Crippen molar-refractivity contribution >= 4 is 21.2 Å². The molecule has 0 unspecified atom stereocenters. The van der Waals surface area contributed by atoms with Crippen molar-refractivity contribution in [1.29, 1.82) is 0 Å². The lowest BCUT2D eigenvalue weighted by atomic mass is 9.98. The van der Waals surface area contributed by atoms with Crippen molar-refractivity contribution in [3.63, 3.8) is 0 Å². The van der Waals surface area contributed by atoms with Gasteiger partial charge >= 0.3 is 0 Å². The number of thiazole rings is 1. The second kappa shape index (κ2) is 5.14. The Kier molecular flexibility index (Phi) is 4.05. The van der Waals surface area contributed by atoms with Crippen LogP contribution in [0.25, 0.3) is 0 Å². The van der Waals surface area contributed by atoms with Crippen LogP contribution < -0.4 is 0 Å². The normalized spacial score (nSPS) is 23.1. The zero-order valence-electron chi connectivity index (χ0n) is 12.0. The van der Waals surface area contributed by atoms with E-state index >= 15 is 0 Å². The summed E-state index contributed by atoms with van der Waals surface area (Å²) in [5, 5.41) is 3.22. The van der Waals surface area contributed by atoms with Gasteiger partial charge in [0.05, 0.1) is 22.2 Å². The Bertz CT molecular complexity index is 543. The molecule has 1 atom stereocenters. The molecule has 0 N–H and O–H groups in total. The number of hydrogen-bond donors (Lipinski definition) is 0. The summed E-state index contributed by atoms with van der Waals surface area (Å²) < 4.78 is 23.0. The van der Waals surface area contributed by atoms with E-state index in [0.717, 1.165) is 23.7 Å². The minimum Gasteiger partial charge on any atom is -0.297 e. The Balaban J connectivity index is 2.00. The van der Waals surface area contributed by atoms with Crippen LogP contribution in [0, 0.1) is 0 Å². The molecule has 1 aromatic rings. The van der Waals surface area contributed by atoms with E-state index in [4.69, 9.17) is 0 Å². The number of aromatic nitrogens is 1. The van der Waals surface area contributed by atoms with Crippen molar-refractivity contribution in [1.82, 2.24) is 9.88 Å². The van der Waals surface area contributed by atoms with Gasteiger partial charge in [-0.25, -0.2) is 13.4 Å². The van der Waals surface area contributed by atoms with E-state index < -0.39 is 9.84 Å². The Labute approximate surface area is 119 Å². The topological polar surface area (TPSA) is 50.3 Å². The minimum atomic E-state index is -2.81. The maximum atomic E-state index is 11.5. The molecule has 0 aromatic carbocycles. The number of sulfone groups is 1. The van der Waals surface area contributed by atoms with Crippen molar-refractivity contribution in [2.75, 3.05) is 18.6 Å². The van der Waals surface area contributed by atoms with Crippen LogP contribution in [0.1, 0.15) is 37.9 Å². The molecule has 0 bridgehead atoms. The highest BCUT2D eigenvalue weighted by Gasteiger charge is 2.30. The summed E-state index contributed by atoms with van der Waals surface area (Å²) in [4.78, 5) is 6.77. The average Bonchev–Trinajstić information content (AvgIpc) is 2.83. The van der Waals surface area contributed by atoms with E-state index in [9.17, 15) is 8.42 Å². The van der Waals surface area contributed by atoms with Crippen LogP contribution in [-0.2, 0) is 21.8 Å². The van der Waals surface area contributed by atoms with Gasteiger partial charge in [0.15, 0.2) is 9.84 Å². The van der Waals surface area contributed by atoms with E-state index in [0.29, 0.717) is 11.5 Å². The van der Waals surface area contributed by atoms with Crippen LogP contribution in [0.4, 0.5) is 0 Å². The molecule has 2 rings (SSSR count). The Morgan fingerprint density at radius 2 is 2.16 bits per heavy atom. The van der Waals surface area contributed by atoms with Gasteiger partial charge in [-0.3, -0.25) is 4.90 Å². The molecule has 0 aliphatic carbocycles. The molecule has 1 fully saturated rings. The quantitative estimate of drug-likeness (QED) is 0.857. The zero-order chi connectivity index (χ0) is 14.3. The molecule has 19 heavy (non-hydrogen) atoms. The van der Waals surface area contributed by atoms with Gasteiger partial charge in [-0.1, -0.05) is 20.8 Å². The highest BCUT2D eigenvalue weighted by Crippen LogP contribution is 2.26. The van der Waals surface area contributed by atoms with Gasteiger partial charge in [0.1, 0.15) is 0 Å². The van der Waals surface area contributed by atoms with Crippen molar-refractivity contribution in [3.8, 4) is 0 Å². The smallest absolute Gasteiger partial charge is 0.151 e. The van der Waals surface area contributed by atoms with Crippen molar-refractivity contribution in [2.24, 2.45) is 0 Å². The van der Waals surface area contributed by atoms with E-state index in [-0.39, 0.29) is 11.5 Å². The van der Waals surface area contributed by atoms with Gasteiger partial charge in [-0.2, -0.15) is 0 Å². The Hall–Kier alpha value is -0.460. The molecule has 4 nitrogen and oxygen atoms in total. The van der Waals surface area contributed by atoms with Crippen molar-refractivity contribution < 1.29 is 8.42 Å². The summed E-state index contributed by atoms with van der Waals surface area (Å²) in [5.74, 6) is 0.617. The fourth-order valence-electron chi connectivity index (χ4n) is 2.23. The first-order valence-electron chi connectivity index (χ1n) is 6.53. The molecular weight excluding hydrogens is 280 g/mol. The molecule has 0 radical (unpaired) electrons. The fraction of sp³-hybridized carbons (Fsp3) is 0.769. The number of hydrogen-bond acceptors (Lipinski definition) is 5. The monoisotopic (exact) mass is 302 g/mol. The van der Waals surface area contributed by atoms with Crippen LogP contribution in [-0.4, -0.2) is 42.9 Å². The summed E-state index contributed by atoms with van der Waals surface area (Å²) in [6.07, 6.45) is 0.745. The van der Waals surface area contributed by atoms with Gasteiger partial charge in [0, 0.05) is 23.4 Å². The first kappa shape index (κ1) is 14.9. The molecular formula is C13H22N2O2S2. The Morgan fingerprint density at radius 3 is 2.63 bits per heavy atom. The lowest BCUT2D eigenvalue weighted by molar-refractivity contribution is 0.251. The molecule has 0 amide bonds. The maximum absolute atomic E-state index is 11.5. The molecule has 2 heterocycles. The molecule has 0 saturated carbocycles. The van der Waals surface area contributed by atoms with Gasteiger partial charge in [-0.05, 0) is 13.5 Å². The predicted octanol–water partition coefficient (Wildman–Crippen LogP) is 2.06. The zero-order valence-corrected chi connectivity index (χ0v) is 13.6. The molecule has 1 aromatic heterocycles. The van der Waals surface area contributed by atoms with E-state index in [1.165, 1.54) is 0 Å². The standard InChI is InChI=1S/C13H22N2O2S2/c1-13(2,3)12-14-10(8-18-12)7-15(4)11-5-6-19(16,17)9-11/h8,11H,5-7,9H2,1-4H3/t11-/m0/s1. The summed E-state index contributed by atoms with van der Waals surface area (Å²) in [7, 11) is -0.823. The molecule has 0 spiro atoms. The van der Waals surface area contributed by atoms with E-state index in [1.807, 2.05) is 7.05 Å². The fourth-order valence-corrected chi connectivity index (χ4v) is 4.94. The van der Waals surface area contributed by atoms with Gasteiger partial charge < -0.3 is 0 Å². The average molecular weight is 302 g/mol. The third kappa shape index (κ3) is 3.77. The molecule has 1 aliphatic rings. The van der Waals surface area contributed by atoms with Crippen LogP contribution in [0.15, 0.2) is 5.38 Å². The first-order chi connectivity index (χ1) is 8.67. The van der Waals surface area contributed by atoms with Gasteiger partial charge in [0.2, 0.25) is 0 Å². The van der Waals surface area contributed by atoms with Crippen LogP contribution >= 0.6 is 11.3 Å². The number of rotatable bonds is 3. The third-order valence-corrected chi connectivity index (χ3v) is 6.50. The van der Waals surface area contributed by atoms with E-state index in [1.54, 1.807) is 11.3 Å². The molecule has 6 heteroatoms. The Morgan fingerprint density at radius 1 is 1.47 bits per heavy atom. The summed E-state index contributed by atoms with van der Waals surface area (Å²) in [6.45, 7) is 7.20. The maximum Gasteiger partial charge on any atom is 0.151 e. The van der Waals surface area contributed by atoms with Gasteiger partial charge in [-0.15, -0.1) is 11.3 Å². The molecule has 1 saturated heterocycles. The highest BCUT2D eigenvalue weighted by atomic mass is 32.2. The van der Waals surface area contributed by atoms with E-state index in [2.05, 4.69) is 36.0 Å². The second-order valence-corrected chi connectivity index (χ2v) is 9.45. The summed E-state index contributed by atoms with van der Waals surface area (Å²) in [5.41, 5.74) is 1.12. The van der Waals surface area contributed by atoms with Gasteiger partial charge in [0.25, 0.3) is 0 Å². The van der Waals surface area contributed by atoms with Crippen LogP contribution in [0.5, 0.6) is 0 Å². The number of nitrogens with zero attached hydrogens (tertiary/aromatic N) is 2. The van der Waals surface area contributed by atoms with Crippen molar-refractivity contribution in [2.45, 2.75) is 45.2 Å². The third-order valence-electron chi connectivity index (χ3n) is 3.44. The molecule has 1 aliphatic heterocycles. The second-order valence-electron chi connectivity index (χ2n) is 6.37. The molecule has 108 valence electrons. The predicted molar refractivity (Wildman–Crippen MR) is 79.3 cm³/mol. The largest absolute Gasteiger partial charge is 0.297 e. The van der Waals surface area contributed by atoms with Crippen LogP contribution in [0.2, 0.25) is 0 Å². The highest BCUT2D eigenvalue weighted by molar-refractivity contribution is 7.91. The minimum absolute atomic E-state index is 0.0815. The first-order valence-corrected chi connectivity index (χ1v) is 9.23. The SMILES string of the molecule is CN(Cc1csc(C(C)(C)C)n1)[C@H]1CCS(=O)(=O)C1. The van der Waals surface area contributed by atoms with Crippen LogP contribution in [0.3, 0.4) is 0 Å². The lowest BCUT2D eigenvalue weighted by Gasteiger charge is -2.22. The van der Waals surface area contributed by atoms with Crippen molar-refractivity contribution in [3.05, 3.63) is 16.1 Å².